The van der Waals surface area contributed by atoms with E-state index in [-0.39, 0.29) is 11.8 Å². The molecule has 0 aromatic carbocycles. The molecule has 1 aromatic heterocycles. The second-order valence-corrected chi connectivity index (χ2v) is 6.16. The first-order valence-corrected chi connectivity index (χ1v) is 7.05. The highest BCUT2D eigenvalue weighted by Gasteiger charge is 2.14. The van der Waals surface area contributed by atoms with Gasteiger partial charge in [0.25, 0.3) is 0 Å². The van der Waals surface area contributed by atoms with Crippen molar-refractivity contribution in [2.24, 2.45) is 5.84 Å². The molecule has 1 rings (SSSR count). The molecule has 0 fully saturated rings. The Kier molecular flexibility index (Phi) is 4.40. The lowest BCUT2D eigenvalue weighted by Gasteiger charge is -2.14. The molecule has 1 aromatic rings. The van der Waals surface area contributed by atoms with Gasteiger partial charge in [0.2, 0.25) is 0 Å². The highest BCUT2D eigenvalue weighted by atomic mass is 32.2. The highest BCUT2D eigenvalue weighted by Crippen LogP contribution is 2.15. The quantitative estimate of drug-likeness (QED) is 0.575. The summed E-state index contributed by atoms with van der Waals surface area (Å²) < 4.78 is 22.1. The van der Waals surface area contributed by atoms with E-state index in [0.717, 1.165) is 11.3 Å². The minimum Gasteiger partial charge on any atom is -0.271 e. The highest BCUT2D eigenvalue weighted by molar-refractivity contribution is 7.90. The number of sulfone groups is 1. The van der Waals surface area contributed by atoms with E-state index in [1.165, 1.54) is 6.26 Å². The number of hydrogen-bond donors (Lipinski definition) is 2. The van der Waals surface area contributed by atoms with Gasteiger partial charge in [0.05, 0.1) is 17.5 Å². The van der Waals surface area contributed by atoms with Crippen molar-refractivity contribution in [2.75, 3.05) is 12.0 Å². The lowest BCUT2D eigenvalue weighted by atomic mass is 10.1. The van der Waals surface area contributed by atoms with E-state index < -0.39 is 9.84 Å². The van der Waals surface area contributed by atoms with Crippen molar-refractivity contribution < 1.29 is 8.42 Å². The number of pyridine rings is 1. The molecule has 0 saturated carbocycles. The van der Waals surface area contributed by atoms with Crippen molar-refractivity contribution in [1.29, 1.82) is 0 Å². The van der Waals surface area contributed by atoms with Crippen LogP contribution >= 0.6 is 0 Å². The van der Waals surface area contributed by atoms with E-state index in [0.29, 0.717) is 6.42 Å². The molecule has 1 atom stereocenters. The van der Waals surface area contributed by atoms with Crippen LogP contribution in [-0.4, -0.2) is 25.4 Å². The fourth-order valence-electron chi connectivity index (χ4n) is 1.40. The van der Waals surface area contributed by atoms with Crippen LogP contribution in [0.1, 0.15) is 23.7 Å². The van der Waals surface area contributed by atoms with Crippen LogP contribution in [0.25, 0.3) is 0 Å². The SMILES string of the molecule is Cc1ccnc(C(CCS(C)(=O)=O)NN)c1. The van der Waals surface area contributed by atoms with Gasteiger partial charge in [0, 0.05) is 12.5 Å². The van der Waals surface area contributed by atoms with Gasteiger partial charge in [-0.1, -0.05) is 0 Å². The van der Waals surface area contributed by atoms with Crippen molar-refractivity contribution in [3.8, 4) is 0 Å². The standard InChI is InChI=1S/C10H17N3O2S/c1-8-3-5-12-10(7-8)9(13-11)4-6-16(2,14)15/h3,5,7,9,13H,4,6,11H2,1-2H3. The van der Waals surface area contributed by atoms with Gasteiger partial charge in [-0.2, -0.15) is 0 Å². The maximum atomic E-state index is 11.1. The number of aryl methyl sites for hydroxylation is 1. The first-order valence-electron chi connectivity index (χ1n) is 4.99. The molecule has 0 spiro atoms. The second-order valence-electron chi connectivity index (χ2n) is 3.90. The smallest absolute Gasteiger partial charge is 0.147 e. The van der Waals surface area contributed by atoms with Crippen LogP contribution in [0.4, 0.5) is 0 Å². The Hall–Kier alpha value is -0.980. The van der Waals surface area contributed by atoms with Gasteiger partial charge in [-0.25, -0.2) is 8.42 Å². The molecule has 1 unspecified atom stereocenters. The fraction of sp³-hybridized carbons (Fsp3) is 0.500. The fourth-order valence-corrected chi connectivity index (χ4v) is 2.06. The minimum absolute atomic E-state index is 0.0947. The Balaban J connectivity index is 2.75. The topological polar surface area (TPSA) is 85.1 Å². The van der Waals surface area contributed by atoms with Gasteiger partial charge in [-0.15, -0.1) is 0 Å². The van der Waals surface area contributed by atoms with E-state index in [4.69, 9.17) is 5.84 Å². The first kappa shape index (κ1) is 13.1. The summed E-state index contributed by atoms with van der Waals surface area (Å²) in [5, 5.41) is 0. The zero-order chi connectivity index (χ0) is 12.2. The summed E-state index contributed by atoms with van der Waals surface area (Å²) in [4.78, 5) is 4.17. The van der Waals surface area contributed by atoms with Gasteiger partial charge in [0.15, 0.2) is 0 Å². The summed E-state index contributed by atoms with van der Waals surface area (Å²) in [6.07, 6.45) is 3.32. The third kappa shape index (κ3) is 4.26. The maximum Gasteiger partial charge on any atom is 0.147 e. The summed E-state index contributed by atoms with van der Waals surface area (Å²) >= 11 is 0. The van der Waals surface area contributed by atoms with Crippen LogP contribution < -0.4 is 11.3 Å². The van der Waals surface area contributed by atoms with Gasteiger partial charge in [-0.05, 0) is 31.0 Å². The van der Waals surface area contributed by atoms with Crippen LogP contribution in [0.2, 0.25) is 0 Å². The summed E-state index contributed by atoms with van der Waals surface area (Å²) in [5.74, 6) is 5.49. The molecule has 1 heterocycles. The normalized spacial score (nSPS) is 13.7. The van der Waals surface area contributed by atoms with Crippen molar-refractivity contribution in [3.63, 3.8) is 0 Å². The molecule has 0 saturated heterocycles. The van der Waals surface area contributed by atoms with E-state index in [9.17, 15) is 8.42 Å². The zero-order valence-corrected chi connectivity index (χ0v) is 10.3. The third-order valence-corrected chi connectivity index (χ3v) is 3.25. The molecule has 0 aliphatic heterocycles. The van der Waals surface area contributed by atoms with Crippen LogP contribution in [0.5, 0.6) is 0 Å². The summed E-state index contributed by atoms with van der Waals surface area (Å²) in [6, 6.07) is 3.55. The van der Waals surface area contributed by atoms with Gasteiger partial charge in [-0.3, -0.25) is 16.3 Å². The van der Waals surface area contributed by atoms with Crippen molar-refractivity contribution in [1.82, 2.24) is 10.4 Å². The molecule has 6 heteroatoms. The largest absolute Gasteiger partial charge is 0.271 e. The van der Waals surface area contributed by atoms with E-state index in [2.05, 4.69) is 10.4 Å². The molecule has 0 aliphatic carbocycles. The van der Waals surface area contributed by atoms with Gasteiger partial charge in [0.1, 0.15) is 9.84 Å². The Labute approximate surface area is 96.0 Å². The number of hydrogen-bond acceptors (Lipinski definition) is 5. The third-order valence-electron chi connectivity index (χ3n) is 2.27. The Bertz CT molecular complexity index is 445. The van der Waals surface area contributed by atoms with Crippen molar-refractivity contribution in [3.05, 3.63) is 29.6 Å². The molecule has 0 amide bonds. The zero-order valence-electron chi connectivity index (χ0n) is 9.47. The van der Waals surface area contributed by atoms with Crippen LogP contribution in [-0.2, 0) is 9.84 Å². The summed E-state index contributed by atoms with van der Waals surface area (Å²) in [5.41, 5.74) is 4.43. The predicted octanol–water partition coefficient (Wildman–Crippen LogP) is 0.329. The number of nitrogens with two attached hydrogens (primary N) is 1. The molecule has 16 heavy (non-hydrogen) atoms. The molecule has 5 nitrogen and oxygen atoms in total. The monoisotopic (exact) mass is 243 g/mol. The predicted molar refractivity (Wildman–Crippen MR) is 63.4 cm³/mol. The van der Waals surface area contributed by atoms with E-state index in [1.807, 2.05) is 19.1 Å². The van der Waals surface area contributed by atoms with Gasteiger partial charge < -0.3 is 0 Å². The number of aromatic nitrogens is 1. The van der Waals surface area contributed by atoms with Crippen LogP contribution in [0, 0.1) is 6.92 Å². The van der Waals surface area contributed by atoms with E-state index >= 15 is 0 Å². The number of rotatable bonds is 5. The summed E-state index contributed by atoms with van der Waals surface area (Å²) in [7, 11) is -2.97. The lowest BCUT2D eigenvalue weighted by Crippen LogP contribution is -2.30. The van der Waals surface area contributed by atoms with Gasteiger partial charge >= 0.3 is 0 Å². The second kappa shape index (κ2) is 5.38. The van der Waals surface area contributed by atoms with Crippen molar-refractivity contribution in [2.45, 2.75) is 19.4 Å². The Morgan fingerprint density at radius 3 is 2.75 bits per heavy atom. The lowest BCUT2D eigenvalue weighted by molar-refractivity contribution is 0.520. The Morgan fingerprint density at radius 1 is 1.56 bits per heavy atom. The first-order chi connectivity index (χ1) is 7.42. The average Bonchev–Trinajstić information content (AvgIpc) is 2.17. The summed E-state index contributed by atoms with van der Waals surface area (Å²) in [6.45, 7) is 1.95. The molecule has 3 N–H and O–H groups in total. The molecular weight excluding hydrogens is 226 g/mol. The Morgan fingerprint density at radius 2 is 2.25 bits per heavy atom. The van der Waals surface area contributed by atoms with Crippen LogP contribution in [0.15, 0.2) is 18.3 Å². The number of nitrogens with one attached hydrogen (secondary N) is 1. The average molecular weight is 243 g/mol. The van der Waals surface area contributed by atoms with Crippen LogP contribution in [0.3, 0.4) is 0 Å². The molecule has 0 radical (unpaired) electrons. The maximum absolute atomic E-state index is 11.1. The minimum atomic E-state index is -2.97. The number of nitrogens with zero attached hydrogens (tertiary/aromatic N) is 1. The molecular formula is C10H17N3O2S. The molecule has 0 aliphatic rings. The van der Waals surface area contributed by atoms with E-state index in [1.54, 1.807) is 6.20 Å². The molecule has 0 bridgehead atoms. The van der Waals surface area contributed by atoms with Crippen molar-refractivity contribution >= 4 is 9.84 Å². The molecule has 90 valence electrons. The number of hydrazine groups is 1.